The smallest absolute Gasteiger partial charge is 0.340 e. The van der Waals surface area contributed by atoms with Gasteiger partial charge in [0.2, 0.25) is 0 Å². The highest BCUT2D eigenvalue weighted by molar-refractivity contribution is 7.80. The van der Waals surface area contributed by atoms with Crippen LogP contribution in [0.15, 0.2) is 42.5 Å². The number of rotatable bonds is 4. The molecule has 2 aromatic carbocycles. The molecule has 162 valence electrons. The minimum Gasteiger partial charge on any atom is -0.456 e. The first-order chi connectivity index (χ1) is 14.6. The van der Waals surface area contributed by atoms with Crippen molar-refractivity contribution in [1.29, 1.82) is 0 Å². The number of anilines is 1. The number of hydrogen-bond acceptors (Lipinski definition) is 8. The minimum atomic E-state index is -0.713. The second-order valence-electron chi connectivity index (χ2n) is 7.75. The Bertz CT molecular complexity index is 1140. The van der Waals surface area contributed by atoms with E-state index in [1.807, 2.05) is 30.3 Å². The third-order valence-electron chi connectivity index (χ3n) is 4.17. The number of nitrogens with zero attached hydrogens (tertiary/aromatic N) is 2. The van der Waals surface area contributed by atoms with Crippen molar-refractivity contribution in [2.45, 2.75) is 32.9 Å². The first-order valence-electron chi connectivity index (χ1n) is 9.39. The van der Waals surface area contributed by atoms with E-state index in [2.05, 4.69) is 10.4 Å². The van der Waals surface area contributed by atoms with E-state index in [1.165, 1.54) is 22.3 Å². The molecule has 8 nitrogen and oxygen atoms in total. The number of thiazole rings is 1. The molecule has 0 fully saturated rings. The van der Waals surface area contributed by atoms with Crippen LogP contribution < -0.4 is 17.0 Å². The lowest BCUT2D eigenvalue weighted by atomic mass is 10.1. The Morgan fingerprint density at radius 1 is 1.23 bits per heavy atom. The van der Waals surface area contributed by atoms with Crippen LogP contribution in [0.25, 0.3) is 10.2 Å². The van der Waals surface area contributed by atoms with Gasteiger partial charge in [-0.2, -0.15) is 0 Å². The minimum absolute atomic E-state index is 0.0524. The summed E-state index contributed by atoms with van der Waals surface area (Å²) in [5.74, 6) is 4.48. The summed E-state index contributed by atoms with van der Waals surface area (Å²) >= 11 is 6.43. The highest BCUT2D eigenvalue weighted by Gasteiger charge is 2.26. The summed E-state index contributed by atoms with van der Waals surface area (Å²) < 4.78 is 6.10. The topological polar surface area (TPSA) is 124 Å². The van der Waals surface area contributed by atoms with Crippen LogP contribution >= 0.6 is 23.6 Å². The molecule has 0 aliphatic heterocycles. The molecule has 0 bridgehead atoms. The maximum absolute atomic E-state index is 13.4. The van der Waals surface area contributed by atoms with Crippen LogP contribution in [0.1, 0.15) is 47.1 Å². The number of hydrogen-bond donors (Lipinski definition) is 3. The standard InChI is InChI=1S/C21H23N5O3S2/c1-21(2,3)29-18(28)14-9-13(10-15-16(14)24-19(22)31-15)17(27)26(20(30)25-23)11-12-7-5-4-6-8-12/h4-10H,11,23H2,1-3H3,(H2,22,24)(H,25,30). The Morgan fingerprint density at radius 3 is 2.52 bits per heavy atom. The van der Waals surface area contributed by atoms with Gasteiger partial charge in [-0.15, -0.1) is 0 Å². The number of nitrogens with two attached hydrogens (primary N) is 2. The van der Waals surface area contributed by atoms with E-state index in [1.54, 1.807) is 26.8 Å². The van der Waals surface area contributed by atoms with Crippen molar-refractivity contribution in [3.8, 4) is 0 Å². The van der Waals surface area contributed by atoms with Gasteiger partial charge in [0.1, 0.15) is 5.60 Å². The lowest BCUT2D eigenvalue weighted by molar-refractivity contribution is 0.00716. The number of amides is 1. The zero-order valence-electron chi connectivity index (χ0n) is 17.3. The molecule has 10 heteroatoms. The summed E-state index contributed by atoms with van der Waals surface area (Å²) in [6, 6.07) is 12.4. The molecule has 1 amide bonds. The molecule has 0 saturated carbocycles. The number of thiocarbonyl (C=S) groups is 1. The van der Waals surface area contributed by atoms with Gasteiger partial charge in [0.05, 0.1) is 22.3 Å². The summed E-state index contributed by atoms with van der Waals surface area (Å²) in [6.45, 7) is 5.49. The number of carbonyl (C=O) groups excluding carboxylic acids is 2. The van der Waals surface area contributed by atoms with Crippen LogP contribution in [0.5, 0.6) is 0 Å². The van der Waals surface area contributed by atoms with Crippen LogP contribution in [0, 0.1) is 0 Å². The Hall–Kier alpha value is -3.08. The SMILES string of the molecule is CC(C)(C)OC(=O)c1cc(C(=O)N(Cc2ccccc2)C(=S)NN)cc2sc(N)nc12. The van der Waals surface area contributed by atoms with Gasteiger partial charge in [0, 0.05) is 5.56 Å². The molecule has 0 unspecified atom stereocenters. The second kappa shape index (κ2) is 8.96. The molecule has 3 aromatic rings. The molecule has 1 aromatic heterocycles. The Morgan fingerprint density at radius 2 is 1.90 bits per heavy atom. The second-order valence-corrected chi connectivity index (χ2v) is 9.20. The van der Waals surface area contributed by atoms with Crippen LogP contribution in [0.4, 0.5) is 5.13 Å². The summed E-state index contributed by atoms with van der Waals surface area (Å²) in [4.78, 5) is 31.8. The largest absolute Gasteiger partial charge is 0.456 e. The van der Waals surface area contributed by atoms with Crippen molar-refractivity contribution >= 4 is 55.9 Å². The molecule has 0 radical (unpaired) electrons. The fraction of sp³-hybridized carbons (Fsp3) is 0.238. The van der Waals surface area contributed by atoms with Gasteiger partial charge >= 0.3 is 5.97 Å². The number of nitrogens with one attached hydrogen (secondary N) is 1. The number of esters is 1. The number of nitrogen functional groups attached to an aromatic ring is 1. The Balaban J connectivity index is 2.06. The predicted molar refractivity (Wildman–Crippen MR) is 125 cm³/mol. The van der Waals surface area contributed by atoms with E-state index < -0.39 is 17.5 Å². The number of benzene rings is 2. The third-order valence-corrected chi connectivity index (χ3v) is 5.34. The number of fused-ring (bicyclic) bond motifs is 1. The van der Waals surface area contributed by atoms with Gasteiger partial charge in [-0.25, -0.2) is 15.6 Å². The van der Waals surface area contributed by atoms with Gasteiger partial charge in [-0.05, 0) is 50.7 Å². The zero-order valence-corrected chi connectivity index (χ0v) is 19.0. The molecule has 0 spiro atoms. The van der Waals surface area contributed by atoms with Crippen LogP contribution in [0.2, 0.25) is 0 Å². The quantitative estimate of drug-likeness (QED) is 0.236. The third kappa shape index (κ3) is 5.35. The molecule has 0 saturated heterocycles. The van der Waals surface area contributed by atoms with Crippen molar-refractivity contribution < 1.29 is 14.3 Å². The van der Waals surface area contributed by atoms with Crippen LogP contribution in [-0.2, 0) is 11.3 Å². The monoisotopic (exact) mass is 457 g/mol. The number of hydrazine groups is 1. The maximum Gasteiger partial charge on any atom is 0.340 e. The van der Waals surface area contributed by atoms with Gasteiger partial charge in [0.25, 0.3) is 5.91 Å². The molecule has 1 heterocycles. The number of carbonyl (C=O) groups is 2. The fourth-order valence-corrected chi connectivity index (χ4v) is 3.84. The number of ether oxygens (including phenoxy) is 1. The molecule has 0 aliphatic carbocycles. The van der Waals surface area contributed by atoms with Crippen molar-refractivity contribution in [3.05, 3.63) is 59.2 Å². The van der Waals surface area contributed by atoms with Gasteiger partial charge in [0.15, 0.2) is 10.2 Å². The van der Waals surface area contributed by atoms with Crippen molar-refractivity contribution in [1.82, 2.24) is 15.3 Å². The van der Waals surface area contributed by atoms with E-state index in [-0.39, 0.29) is 27.9 Å². The summed E-state index contributed by atoms with van der Waals surface area (Å²) in [6.07, 6.45) is 0. The lowest BCUT2D eigenvalue weighted by Gasteiger charge is -2.23. The van der Waals surface area contributed by atoms with E-state index in [0.29, 0.717) is 10.2 Å². The van der Waals surface area contributed by atoms with Gasteiger partial charge in [-0.1, -0.05) is 41.7 Å². The molecular formula is C21H23N5O3S2. The predicted octanol–water partition coefficient (Wildman–Crippen LogP) is 3.22. The Kier molecular flexibility index (Phi) is 6.54. The molecule has 5 N–H and O–H groups in total. The van der Waals surface area contributed by atoms with E-state index in [0.717, 1.165) is 5.56 Å². The van der Waals surface area contributed by atoms with E-state index in [4.69, 9.17) is 28.5 Å². The Labute approximate surface area is 189 Å². The molecule has 3 rings (SSSR count). The van der Waals surface area contributed by atoms with Crippen molar-refractivity contribution in [2.24, 2.45) is 5.84 Å². The van der Waals surface area contributed by atoms with E-state index in [9.17, 15) is 9.59 Å². The molecule has 0 atom stereocenters. The number of aromatic nitrogens is 1. The summed E-state index contributed by atoms with van der Waals surface area (Å²) in [7, 11) is 0. The van der Waals surface area contributed by atoms with Crippen molar-refractivity contribution in [3.63, 3.8) is 0 Å². The lowest BCUT2D eigenvalue weighted by Crippen LogP contribution is -2.46. The zero-order chi connectivity index (χ0) is 22.8. The first kappa shape index (κ1) is 22.6. The van der Waals surface area contributed by atoms with Crippen molar-refractivity contribution in [2.75, 3.05) is 5.73 Å². The maximum atomic E-state index is 13.4. The van der Waals surface area contributed by atoms with Crippen LogP contribution in [0.3, 0.4) is 0 Å². The van der Waals surface area contributed by atoms with Crippen LogP contribution in [-0.4, -0.2) is 32.5 Å². The first-order valence-corrected chi connectivity index (χ1v) is 10.6. The average molecular weight is 458 g/mol. The molecular weight excluding hydrogens is 434 g/mol. The van der Waals surface area contributed by atoms with Gasteiger partial charge in [-0.3, -0.25) is 9.69 Å². The highest BCUT2D eigenvalue weighted by Crippen LogP contribution is 2.30. The summed E-state index contributed by atoms with van der Waals surface area (Å²) in [5, 5.41) is 0.335. The summed E-state index contributed by atoms with van der Waals surface area (Å²) in [5.41, 5.74) is 9.16. The molecule has 31 heavy (non-hydrogen) atoms. The van der Waals surface area contributed by atoms with E-state index >= 15 is 0 Å². The average Bonchev–Trinajstić information content (AvgIpc) is 3.09. The molecule has 0 aliphatic rings. The highest BCUT2D eigenvalue weighted by atomic mass is 32.1. The normalized spacial score (nSPS) is 11.2. The fourth-order valence-electron chi connectivity index (χ4n) is 2.89. The van der Waals surface area contributed by atoms with Gasteiger partial charge < -0.3 is 15.9 Å².